The third-order valence-corrected chi connectivity index (χ3v) is 3.21. The summed E-state index contributed by atoms with van der Waals surface area (Å²) in [6, 6.07) is 5.55. The van der Waals surface area contributed by atoms with Gasteiger partial charge in [0.15, 0.2) is 0 Å². The highest BCUT2D eigenvalue weighted by Crippen LogP contribution is 2.31. The molecule has 0 amide bonds. The summed E-state index contributed by atoms with van der Waals surface area (Å²) in [5.41, 5.74) is 4.54. The maximum absolute atomic E-state index is 5.64. The molecule has 0 saturated heterocycles. The second-order valence-corrected chi connectivity index (χ2v) is 4.68. The Balaban J connectivity index is 2.48. The zero-order chi connectivity index (χ0) is 13.1. The topological polar surface area (TPSA) is 78.0 Å². The molecule has 0 aliphatic carbocycles. The molecule has 1 heterocycles. The number of nitrogens with zero attached hydrogens (tertiary/aromatic N) is 3. The van der Waals surface area contributed by atoms with E-state index < -0.39 is 0 Å². The fourth-order valence-corrected chi connectivity index (χ4v) is 2.16. The van der Waals surface area contributed by atoms with Crippen LogP contribution in [0, 0.1) is 0 Å². The largest absolute Gasteiger partial charge is 0.496 e. The summed E-state index contributed by atoms with van der Waals surface area (Å²) in [5, 5.41) is 7.76. The second kappa shape index (κ2) is 5.47. The predicted octanol–water partition coefficient (Wildman–Crippen LogP) is 1.14. The number of nitrogens with two attached hydrogens (primary N) is 1. The minimum Gasteiger partial charge on any atom is -0.496 e. The number of ether oxygens (including phenoxy) is 1. The number of aromatic nitrogens is 3. The molecule has 2 rings (SSSR count). The molecule has 96 valence electrons. The Kier molecular flexibility index (Phi) is 3.95. The van der Waals surface area contributed by atoms with Crippen LogP contribution in [0.15, 0.2) is 28.9 Å². The number of aryl methyl sites for hydroxylation is 1. The summed E-state index contributed by atoms with van der Waals surface area (Å²) in [7, 11) is 3.44. The van der Waals surface area contributed by atoms with Crippen molar-refractivity contribution in [2.24, 2.45) is 12.9 Å². The summed E-state index contributed by atoms with van der Waals surface area (Å²) in [6.45, 7) is 0. The Labute approximate surface area is 113 Å². The molecule has 3 N–H and O–H groups in total. The first kappa shape index (κ1) is 13.0. The van der Waals surface area contributed by atoms with Crippen LogP contribution in [0.5, 0.6) is 5.75 Å². The Morgan fingerprint density at radius 1 is 1.50 bits per heavy atom. The van der Waals surface area contributed by atoms with Crippen molar-refractivity contribution < 1.29 is 4.74 Å². The van der Waals surface area contributed by atoms with Crippen LogP contribution in [0.2, 0.25) is 0 Å². The maximum atomic E-state index is 5.64. The van der Waals surface area contributed by atoms with E-state index in [1.54, 1.807) is 18.0 Å². The van der Waals surface area contributed by atoms with Crippen molar-refractivity contribution in [1.29, 1.82) is 0 Å². The van der Waals surface area contributed by atoms with Crippen molar-refractivity contribution in [3.05, 3.63) is 40.1 Å². The van der Waals surface area contributed by atoms with Crippen molar-refractivity contribution in [2.75, 3.05) is 7.11 Å². The lowest BCUT2D eigenvalue weighted by atomic mass is 10.0. The summed E-state index contributed by atoms with van der Waals surface area (Å²) in [5.74, 6) is 6.38. The second-order valence-electron chi connectivity index (χ2n) is 3.77. The standard InChI is InChI=1S/C11H14BrN5O/c1-17-9(6-14-16-17)11(15-13)8-4-3-7(12)5-10(8)18-2/h3-6,11,15H,13H2,1-2H3. The third-order valence-electron chi connectivity index (χ3n) is 2.72. The fourth-order valence-electron chi connectivity index (χ4n) is 1.82. The van der Waals surface area contributed by atoms with Crippen LogP contribution in [0.25, 0.3) is 0 Å². The Morgan fingerprint density at radius 2 is 2.28 bits per heavy atom. The summed E-state index contributed by atoms with van der Waals surface area (Å²) >= 11 is 3.41. The van der Waals surface area contributed by atoms with E-state index in [2.05, 4.69) is 31.7 Å². The molecule has 18 heavy (non-hydrogen) atoms. The van der Waals surface area contributed by atoms with Crippen LogP contribution in [-0.2, 0) is 7.05 Å². The number of hydrogen-bond donors (Lipinski definition) is 2. The molecule has 0 aliphatic heterocycles. The summed E-state index contributed by atoms with van der Waals surface area (Å²) < 4.78 is 7.99. The monoisotopic (exact) mass is 311 g/mol. The van der Waals surface area contributed by atoms with Gasteiger partial charge in [0.2, 0.25) is 0 Å². The van der Waals surface area contributed by atoms with Crippen molar-refractivity contribution in [3.8, 4) is 5.75 Å². The van der Waals surface area contributed by atoms with Crippen molar-refractivity contribution in [2.45, 2.75) is 6.04 Å². The molecule has 1 aromatic heterocycles. The molecule has 0 aliphatic rings. The minimum atomic E-state index is -0.229. The van der Waals surface area contributed by atoms with Crippen LogP contribution in [-0.4, -0.2) is 22.1 Å². The van der Waals surface area contributed by atoms with E-state index in [1.165, 1.54) is 0 Å². The fraction of sp³-hybridized carbons (Fsp3) is 0.273. The van der Waals surface area contributed by atoms with Gasteiger partial charge in [-0.2, -0.15) is 0 Å². The predicted molar refractivity (Wildman–Crippen MR) is 70.9 cm³/mol. The van der Waals surface area contributed by atoms with Crippen LogP contribution in [0.3, 0.4) is 0 Å². The number of benzene rings is 1. The molecular formula is C11H14BrN5O. The zero-order valence-electron chi connectivity index (χ0n) is 10.1. The minimum absolute atomic E-state index is 0.229. The Hall–Kier alpha value is -1.44. The van der Waals surface area contributed by atoms with Crippen molar-refractivity contribution in [1.82, 2.24) is 20.4 Å². The van der Waals surface area contributed by atoms with Crippen LogP contribution >= 0.6 is 15.9 Å². The number of hydrogen-bond acceptors (Lipinski definition) is 5. The van der Waals surface area contributed by atoms with E-state index in [0.717, 1.165) is 21.5 Å². The molecule has 0 radical (unpaired) electrons. The molecule has 7 heteroatoms. The lowest BCUT2D eigenvalue weighted by Gasteiger charge is -2.18. The van der Waals surface area contributed by atoms with E-state index in [4.69, 9.17) is 10.6 Å². The van der Waals surface area contributed by atoms with Crippen LogP contribution < -0.4 is 16.0 Å². The highest BCUT2D eigenvalue weighted by Gasteiger charge is 2.20. The highest BCUT2D eigenvalue weighted by molar-refractivity contribution is 9.10. The van der Waals surface area contributed by atoms with Gasteiger partial charge in [0.25, 0.3) is 0 Å². The lowest BCUT2D eigenvalue weighted by molar-refractivity contribution is 0.402. The quantitative estimate of drug-likeness (QED) is 0.654. The van der Waals surface area contributed by atoms with E-state index in [1.807, 2.05) is 25.2 Å². The SMILES string of the molecule is COc1cc(Br)ccc1C(NN)c1cnnn1C. The zero-order valence-corrected chi connectivity index (χ0v) is 11.7. The van der Waals surface area contributed by atoms with Gasteiger partial charge < -0.3 is 4.74 Å². The molecule has 0 spiro atoms. The molecule has 1 aromatic carbocycles. The smallest absolute Gasteiger partial charge is 0.125 e. The highest BCUT2D eigenvalue weighted by atomic mass is 79.9. The first-order valence-corrected chi connectivity index (χ1v) is 6.10. The van der Waals surface area contributed by atoms with Gasteiger partial charge in [0, 0.05) is 17.1 Å². The first-order chi connectivity index (χ1) is 8.67. The molecule has 0 bridgehead atoms. The van der Waals surface area contributed by atoms with Gasteiger partial charge >= 0.3 is 0 Å². The van der Waals surface area contributed by atoms with Crippen LogP contribution in [0.4, 0.5) is 0 Å². The molecular weight excluding hydrogens is 298 g/mol. The first-order valence-electron chi connectivity index (χ1n) is 5.31. The van der Waals surface area contributed by atoms with Gasteiger partial charge in [-0.25, -0.2) is 5.43 Å². The van der Waals surface area contributed by atoms with E-state index >= 15 is 0 Å². The number of hydrazine groups is 1. The lowest BCUT2D eigenvalue weighted by Crippen LogP contribution is -2.30. The Bertz CT molecular complexity index is 542. The van der Waals surface area contributed by atoms with E-state index in [-0.39, 0.29) is 6.04 Å². The average molecular weight is 312 g/mol. The number of halogens is 1. The van der Waals surface area contributed by atoms with Crippen LogP contribution in [0.1, 0.15) is 17.3 Å². The normalized spacial score (nSPS) is 12.4. The molecule has 6 nitrogen and oxygen atoms in total. The number of nitrogens with one attached hydrogen (secondary N) is 1. The Morgan fingerprint density at radius 3 is 2.83 bits per heavy atom. The van der Waals surface area contributed by atoms with E-state index in [0.29, 0.717) is 0 Å². The van der Waals surface area contributed by atoms with Crippen molar-refractivity contribution >= 4 is 15.9 Å². The van der Waals surface area contributed by atoms with Crippen molar-refractivity contribution in [3.63, 3.8) is 0 Å². The van der Waals surface area contributed by atoms with Gasteiger partial charge in [-0.05, 0) is 12.1 Å². The molecule has 0 fully saturated rings. The van der Waals surface area contributed by atoms with Gasteiger partial charge in [-0.15, -0.1) is 5.10 Å². The van der Waals surface area contributed by atoms with E-state index in [9.17, 15) is 0 Å². The molecule has 2 aromatic rings. The average Bonchev–Trinajstić information content (AvgIpc) is 2.78. The molecule has 1 atom stereocenters. The number of rotatable bonds is 4. The third kappa shape index (κ3) is 2.38. The number of methoxy groups -OCH3 is 1. The van der Waals surface area contributed by atoms with Gasteiger partial charge in [-0.1, -0.05) is 27.2 Å². The maximum Gasteiger partial charge on any atom is 0.125 e. The molecule has 1 unspecified atom stereocenters. The van der Waals surface area contributed by atoms with Gasteiger partial charge in [0.05, 0.1) is 25.0 Å². The summed E-state index contributed by atoms with van der Waals surface area (Å²) in [4.78, 5) is 0. The summed E-state index contributed by atoms with van der Waals surface area (Å²) in [6.07, 6.45) is 1.67. The molecule has 0 saturated carbocycles. The van der Waals surface area contributed by atoms with Gasteiger partial charge in [-0.3, -0.25) is 10.5 Å². The van der Waals surface area contributed by atoms with Gasteiger partial charge in [0.1, 0.15) is 5.75 Å².